The van der Waals surface area contributed by atoms with Gasteiger partial charge in [-0.2, -0.15) is 0 Å². The molecule has 0 aliphatic heterocycles. The maximum Gasteiger partial charge on any atom is 0.136 e. The van der Waals surface area contributed by atoms with Gasteiger partial charge in [0.1, 0.15) is 22.3 Å². The average Bonchev–Trinajstić information content (AvgIpc) is 4.03. The van der Waals surface area contributed by atoms with Gasteiger partial charge in [0.05, 0.1) is 22.1 Å². The fraction of sp³-hybridized carbons (Fsp3) is 0. The molecule has 270 valence electrons. The van der Waals surface area contributed by atoms with Crippen molar-refractivity contribution in [3.05, 3.63) is 194 Å². The Morgan fingerprint density at radius 1 is 0.276 bits per heavy atom. The Kier molecular flexibility index (Phi) is 6.41. The van der Waals surface area contributed by atoms with Gasteiger partial charge in [-0.25, -0.2) is 0 Å². The first-order valence-corrected chi connectivity index (χ1v) is 19.7. The van der Waals surface area contributed by atoms with Gasteiger partial charge in [-0.1, -0.05) is 103 Å². The number of nitrogens with zero attached hydrogens (tertiary/aromatic N) is 2. The molecule has 4 heterocycles. The standard InChI is InChI=1S/C54H32N2O2/c1-3-12-36(13-4-1)55-46-19-9-7-16-39(46)41-28-33(22-25-47(41)55)34-24-27-51-45(29-34)54-38(18-11-21-52(54)57-51)35-23-26-48-42(30-35)43-32-53-44(40-17-8-10-20-50(40)58-53)31-49(43)56(48)37-14-5-2-6-15-37/h1-32H. The number of aromatic nitrogens is 2. The van der Waals surface area contributed by atoms with E-state index in [4.69, 9.17) is 8.83 Å². The van der Waals surface area contributed by atoms with Crippen molar-refractivity contribution in [3.8, 4) is 33.6 Å². The SMILES string of the molecule is c1ccc(-n2c3ccccc3c3cc(-c4ccc5oc6cccc(-c7ccc8c(c7)c7cc9oc%10ccccc%10c9cc7n8-c7ccccc7)c6c5c4)ccc32)cc1. The predicted octanol–water partition coefficient (Wildman–Crippen LogP) is 15.0. The second kappa shape index (κ2) is 11.8. The van der Waals surface area contributed by atoms with Crippen LogP contribution in [0.1, 0.15) is 0 Å². The molecule has 0 aliphatic carbocycles. The van der Waals surface area contributed by atoms with Crippen LogP contribution < -0.4 is 0 Å². The van der Waals surface area contributed by atoms with Gasteiger partial charge in [0.15, 0.2) is 0 Å². The smallest absolute Gasteiger partial charge is 0.136 e. The van der Waals surface area contributed by atoms with Crippen LogP contribution in [0.5, 0.6) is 0 Å². The quantitative estimate of drug-likeness (QED) is 0.180. The normalized spacial score (nSPS) is 12.1. The van der Waals surface area contributed by atoms with E-state index in [2.05, 4.69) is 191 Å². The average molecular weight is 741 g/mol. The number of furan rings is 2. The van der Waals surface area contributed by atoms with E-state index >= 15 is 0 Å². The Morgan fingerprint density at radius 2 is 0.810 bits per heavy atom. The fourth-order valence-corrected chi connectivity index (χ4v) is 9.51. The summed E-state index contributed by atoms with van der Waals surface area (Å²) in [7, 11) is 0. The summed E-state index contributed by atoms with van der Waals surface area (Å²) in [6.07, 6.45) is 0. The lowest BCUT2D eigenvalue weighted by atomic mass is 9.96. The second-order valence-corrected chi connectivity index (χ2v) is 15.3. The minimum Gasteiger partial charge on any atom is -0.456 e. The highest BCUT2D eigenvalue weighted by Crippen LogP contribution is 2.43. The van der Waals surface area contributed by atoms with Crippen molar-refractivity contribution < 1.29 is 8.83 Å². The summed E-state index contributed by atoms with van der Waals surface area (Å²) < 4.78 is 17.7. The molecule has 13 aromatic rings. The minimum absolute atomic E-state index is 0.877. The Balaban J connectivity index is 1.01. The molecule has 0 unspecified atom stereocenters. The van der Waals surface area contributed by atoms with E-state index in [-0.39, 0.29) is 0 Å². The Morgan fingerprint density at radius 3 is 1.60 bits per heavy atom. The van der Waals surface area contributed by atoms with Crippen molar-refractivity contribution >= 4 is 87.5 Å². The molecule has 0 saturated carbocycles. The van der Waals surface area contributed by atoms with Crippen LogP contribution in [0.3, 0.4) is 0 Å². The zero-order valence-corrected chi connectivity index (χ0v) is 31.2. The first-order chi connectivity index (χ1) is 28.7. The van der Waals surface area contributed by atoms with Crippen LogP contribution in [0.4, 0.5) is 0 Å². The first kappa shape index (κ1) is 31.4. The molecule has 9 aromatic carbocycles. The van der Waals surface area contributed by atoms with Crippen LogP contribution in [0, 0.1) is 0 Å². The zero-order chi connectivity index (χ0) is 37.9. The molecule has 0 aliphatic rings. The number of fused-ring (bicyclic) bond motifs is 12. The van der Waals surface area contributed by atoms with Crippen LogP contribution in [0.2, 0.25) is 0 Å². The summed E-state index contributed by atoms with van der Waals surface area (Å²) in [6, 6.07) is 69.5. The number of hydrogen-bond acceptors (Lipinski definition) is 2. The molecule has 0 saturated heterocycles. The van der Waals surface area contributed by atoms with Gasteiger partial charge in [0.2, 0.25) is 0 Å². The Hall–Kier alpha value is -7.82. The summed E-state index contributed by atoms with van der Waals surface area (Å²) >= 11 is 0. The molecule has 0 fully saturated rings. The van der Waals surface area contributed by atoms with E-state index in [0.717, 1.165) is 88.4 Å². The van der Waals surface area contributed by atoms with Crippen molar-refractivity contribution in [3.63, 3.8) is 0 Å². The van der Waals surface area contributed by atoms with Crippen molar-refractivity contribution in [2.24, 2.45) is 0 Å². The van der Waals surface area contributed by atoms with Crippen LogP contribution in [-0.2, 0) is 0 Å². The Bertz CT molecular complexity index is 3790. The topological polar surface area (TPSA) is 36.1 Å². The van der Waals surface area contributed by atoms with Gasteiger partial charge in [0.25, 0.3) is 0 Å². The van der Waals surface area contributed by atoms with E-state index in [9.17, 15) is 0 Å². The monoisotopic (exact) mass is 740 g/mol. The third kappa shape index (κ3) is 4.45. The molecule has 0 bridgehead atoms. The van der Waals surface area contributed by atoms with Crippen LogP contribution >= 0.6 is 0 Å². The molecule has 4 nitrogen and oxygen atoms in total. The van der Waals surface area contributed by atoms with Crippen molar-refractivity contribution in [2.45, 2.75) is 0 Å². The summed E-state index contributed by atoms with van der Waals surface area (Å²) in [6.45, 7) is 0. The first-order valence-electron chi connectivity index (χ1n) is 19.7. The van der Waals surface area contributed by atoms with Crippen molar-refractivity contribution in [1.82, 2.24) is 9.13 Å². The maximum absolute atomic E-state index is 6.56. The number of benzene rings is 9. The summed E-state index contributed by atoms with van der Waals surface area (Å²) in [5.41, 5.74) is 15.1. The second-order valence-electron chi connectivity index (χ2n) is 15.3. The van der Waals surface area contributed by atoms with Gasteiger partial charge >= 0.3 is 0 Å². The van der Waals surface area contributed by atoms with E-state index in [1.165, 1.54) is 32.8 Å². The molecule has 4 aromatic heterocycles. The largest absolute Gasteiger partial charge is 0.456 e. The van der Waals surface area contributed by atoms with Crippen LogP contribution in [0.25, 0.3) is 121 Å². The summed E-state index contributed by atoms with van der Waals surface area (Å²) in [5.74, 6) is 0. The van der Waals surface area contributed by atoms with E-state index in [0.29, 0.717) is 0 Å². The van der Waals surface area contributed by atoms with E-state index in [1.54, 1.807) is 0 Å². The third-order valence-electron chi connectivity index (χ3n) is 12.1. The highest BCUT2D eigenvalue weighted by atomic mass is 16.3. The van der Waals surface area contributed by atoms with Crippen LogP contribution in [-0.4, -0.2) is 9.13 Å². The predicted molar refractivity (Wildman–Crippen MR) is 241 cm³/mol. The molecule has 0 amide bonds. The van der Waals surface area contributed by atoms with E-state index in [1.807, 2.05) is 12.1 Å². The molecule has 0 radical (unpaired) electrons. The van der Waals surface area contributed by atoms with Crippen LogP contribution in [0.15, 0.2) is 203 Å². The van der Waals surface area contributed by atoms with Gasteiger partial charge in [-0.05, 0) is 113 Å². The lowest BCUT2D eigenvalue weighted by Gasteiger charge is -2.09. The molecule has 13 rings (SSSR count). The fourth-order valence-electron chi connectivity index (χ4n) is 9.51. The van der Waals surface area contributed by atoms with Gasteiger partial charge in [-0.15, -0.1) is 0 Å². The molecular formula is C54H32N2O2. The molecule has 4 heteroatoms. The van der Waals surface area contributed by atoms with Crippen molar-refractivity contribution in [2.75, 3.05) is 0 Å². The van der Waals surface area contributed by atoms with Gasteiger partial charge in [0, 0.05) is 54.5 Å². The highest BCUT2D eigenvalue weighted by molar-refractivity contribution is 6.19. The Labute approximate surface area is 332 Å². The zero-order valence-electron chi connectivity index (χ0n) is 31.2. The van der Waals surface area contributed by atoms with Crippen molar-refractivity contribution in [1.29, 1.82) is 0 Å². The molecule has 0 spiro atoms. The summed E-state index contributed by atoms with van der Waals surface area (Å²) in [5, 5.41) is 9.27. The third-order valence-corrected chi connectivity index (χ3v) is 12.1. The minimum atomic E-state index is 0.877. The highest BCUT2D eigenvalue weighted by Gasteiger charge is 2.20. The summed E-state index contributed by atoms with van der Waals surface area (Å²) in [4.78, 5) is 0. The molecule has 0 N–H and O–H groups in total. The number of hydrogen-bond donors (Lipinski definition) is 0. The lowest BCUT2D eigenvalue weighted by Crippen LogP contribution is -1.93. The molecule has 58 heavy (non-hydrogen) atoms. The number of para-hydroxylation sites is 4. The molecular weight excluding hydrogens is 709 g/mol. The van der Waals surface area contributed by atoms with E-state index < -0.39 is 0 Å². The van der Waals surface area contributed by atoms with Gasteiger partial charge < -0.3 is 18.0 Å². The maximum atomic E-state index is 6.56. The molecule has 0 atom stereocenters. The van der Waals surface area contributed by atoms with Gasteiger partial charge in [-0.3, -0.25) is 0 Å². The lowest BCUT2D eigenvalue weighted by molar-refractivity contribution is 0.669. The number of rotatable bonds is 4.